The zero-order valence-electron chi connectivity index (χ0n) is 19.7. The van der Waals surface area contributed by atoms with Gasteiger partial charge in [0.1, 0.15) is 6.61 Å². The van der Waals surface area contributed by atoms with Crippen LogP contribution in [0.15, 0.2) is 85.3 Å². The molecule has 0 aliphatic carbocycles. The van der Waals surface area contributed by atoms with E-state index in [2.05, 4.69) is 62.3 Å². The van der Waals surface area contributed by atoms with Gasteiger partial charge in [-0.05, 0) is 36.3 Å². The van der Waals surface area contributed by atoms with Gasteiger partial charge in [0.05, 0.1) is 23.6 Å². The summed E-state index contributed by atoms with van der Waals surface area (Å²) in [4.78, 5) is 18.4. The number of nitrogens with zero attached hydrogens (tertiary/aromatic N) is 3. The topological polar surface area (TPSA) is 69.8 Å². The maximum atomic E-state index is 5.95. The van der Waals surface area contributed by atoms with Crippen molar-refractivity contribution in [1.29, 1.82) is 0 Å². The molecule has 0 spiro atoms. The molecule has 4 heterocycles. The van der Waals surface area contributed by atoms with Crippen LogP contribution in [0.5, 0.6) is 5.88 Å². The molecule has 176 valence electrons. The maximum absolute atomic E-state index is 5.95. The number of pyridine rings is 1. The Hall–Kier alpha value is -4.06. The van der Waals surface area contributed by atoms with Gasteiger partial charge in [0.2, 0.25) is 11.8 Å². The number of piperidine rings is 1. The maximum Gasteiger partial charge on any atom is 0.214 e. The van der Waals surface area contributed by atoms with Gasteiger partial charge in [0.15, 0.2) is 0 Å². The van der Waals surface area contributed by atoms with E-state index >= 15 is 0 Å². The lowest BCUT2D eigenvalue weighted by Gasteiger charge is -2.31. The highest BCUT2D eigenvalue weighted by molar-refractivity contribution is 5.94. The Bertz CT molecular complexity index is 1380. The highest BCUT2D eigenvalue weighted by Crippen LogP contribution is 2.31. The normalized spacial score (nSPS) is 14.5. The van der Waals surface area contributed by atoms with Crippen molar-refractivity contribution in [1.82, 2.24) is 19.9 Å². The molecule has 0 amide bonds. The van der Waals surface area contributed by atoms with E-state index in [1.54, 1.807) is 0 Å². The third-order valence-corrected chi connectivity index (χ3v) is 6.90. The smallest absolute Gasteiger partial charge is 0.214 e. The van der Waals surface area contributed by atoms with Crippen LogP contribution in [0.1, 0.15) is 24.0 Å². The second-order valence-electron chi connectivity index (χ2n) is 9.29. The average molecular weight is 464 g/mol. The minimum absolute atomic E-state index is 0.494. The molecule has 1 saturated heterocycles. The largest absolute Gasteiger partial charge is 0.473 e. The molecule has 6 heteroatoms. The average Bonchev–Trinajstić information content (AvgIpc) is 3.56. The summed E-state index contributed by atoms with van der Waals surface area (Å²) in [6.45, 7) is 2.55. The summed E-state index contributed by atoms with van der Waals surface area (Å²) >= 11 is 0. The Morgan fingerprint density at radius 3 is 2.40 bits per heavy atom. The highest BCUT2D eigenvalue weighted by atomic mass is 16.5. The van der Waals surface area contributed by atoms with Crippen molar-refractivity contribution in [2.24, 2.45) is 5.92 Å². The molecule has 1 aliphatic heterocycles. The van der Waals surface area contributed by atoms with Crippen molar-refractivity contribution in [3.63, 3.8) is 0 Å². The van der Waals surface area contributed by atoms with Crippen LogP contribution in [-0.2, 0) is 13.0 Å². The standard InChI is InChI=1S/C29H29N5O/c1-3-7-21(8-4-1)15-22-11-13-34(14-12-22)29-32-19-27(33-29)25-17-30-26-18-31-28(16-24(25)26)35-20-23-9-5-2-6-10-23/h1-10,16-19,22,30H,11-15,20H2,(H,32,33). The molecular weight excluding hydrogens is 434 g/mol. The summed E-state index contributed by atoms with van der Waals surface area (Å²) in [6, 6.07) is 23.0. The molecule has 5 aromatic rings. The van der Waals surface area contributed by atoms with Crippen molar-refractivity contribution in [3.05, 3.63) is 96.4 Å². The Balaban J connectivity index is 1.13. The Morgan fingerprint density at radius 2 is 1.63 bits per heavy atom. The summed E-state index contributed by atoms with van der Waals surface area (Å²) in [5.74, 6) is 2.29. The van der Waals surface area contributed by atoms with E-state index in [-0.39, 0.29) is 0 Å². The molecule has 1 aliphatic rings. The van der Waals surface area contributed by atoms with Crippen LogP contribution < -0.4 is 9.64 Å². The van der Waals surface area contributed by atoms with Crippen LogP contribution in [0.2, 0.25) is 0 Å². The second-order valence-corrected chi connectivity index (χ2v) is 9.29. The summed E-state index contributed by atoms with van der Waals surface area (Å²) in [5.41, 5.74) is 5.61. The number of hydrogen-bond acceptors (Lipinski definition) is 4. The highest BCUT2D eigenvalue weighted by Gasteiger charge is 2.22. The molecule has 1 fully saturated rings. The number of fused-ring (bicyclic) bond motifs is 1. The minimum atomic E-state index is 0.494. The first-order valence-corrected chi connectivity index (χ1v) is 12.3. The lowest BCUT2D eigenvalue weighted by molar-refractivity contribution is 0.294. The Labute approximate surface area is 205 Å². The van der Waals surface area contributed by atoms with Gasteiger partial charge in [-0.3, -0.25) is 0 Å². The fourth-order valence-electron chi connectivity index (χ4n) is 4.94. The molecule has 0 bridgehead atoms. The molecule has 3 aromatic heterocycles. The number of nitrogens with one attached hydrogen (secondary N) is 2. The van der Waals surface area contributed by atoms with Crippen LogP contribution in [0.25, 0.3) is 22.2 Å². The zero-order valence-corrected chi connectivity index (χ0v) is 19.7. The summed E-state index contributed by atoms with van der Waals surface area (Å²) in [6.07, 6.45) is 9.30. The number of aromatic amines is 2. The molecule has 0 saturated carbocycles. The Kier molecular flexibility index (Phi) is 5.93. The summed E-state index contributed by atoms with van der Waals surface area (Å²) < 4.78 is 5.95. The fraction of sp³-hybridized carbons (Fsp3) is 0.241. The molecule has 0 radical (unpaired) electrons. The molecule has 0 unspecified atom stereocenters. The lowest BCUT2D eigenvalue weighted by Crippen LogP contribution is -2.35. The minimum Gasteiger partial charge on any atom is -0.473 e. The van der Waals surface area contributed by atoms with Crippen molar-refractivity contribution in [2.75, 3.05) is 18.0 Å². The number of hydrogen-bond donors (Lipinski definition) is 2. The van der Waals surface area contributed by atoms with Crippen LogP contribution in [0.4, 0.5) is 5.95 Å². The quantitative estimate of drug-likeness (QED) is 0.311. The van der Waals surface area contributed by atoms with E-state index < -0.39 is 0 Å². The van der Waals surface area contributed by atoms with Gasteiger partial charge in [-0.2, -0.15) is 0 Å². The first-order valence-electron chi connectivity index (χ1n) is 12.3. The van der Waals surface area contributed by atoms with Crippen molar-refractivity contribution in [3.8, 4) is 17.1 Å². The summed E-state index contributed by atoms with van der Waals surface area (Å²) in [7, 11) is 0. The van der Waals surface area contributed by atoms with Crippen LogP contribution in [0.3, 0.4) is 0 Å². The number of H-pyrrole nitrogens is 2. The van der Waals surface area contributed by atoms with E-state index in [1.807, 2.05) is 42.9 Å². The molecule has 6 rings (SSSR count). The first-order chi connectivity index (χ1) is 17.3. The van der Waals surface area contributed by atoms with Gasteiger partial charge < -0.3 is 19.6 Å². The predicted octanol–water partition coefficient (Wildman–Crippen LogP) is 5.99. The summed E-state index contributed by atoms with van der Waals surface area (Å²) in [5, 5.41) is 1.07. The van der Waals surface area contributed by atoms with E-state index in [0.717, 1.165) is 59.1 Å². The number of aromatic nitrogens is 4. The van der Waals surface area contributed by atoms with Gasteiger partial charge in [-0.15, -0.1) is 0 Å². The number of anilines is 1. The molecule has 6 nitrogen and oxygen atoms in total. The van der Waals surface area contributed by atoms with Gasteiger partial charge in [-0.1, -0.05) is 60.7 Å². The van der Waals surface area contributed by atoms with E-state index in [9.17, 15) is 0 Å². The zero-order chi connectivity index (χ0) is 23.5. The number of imidazole rings is 1. The van der Waals surface area contributed by atoms with Gasteiger partial charge in [-0.25, -0.2) is 9.97 Å². The third-order valence-electron chi connectivity index (χ3n) is 6.90. The lowest BCUT2D eigenvalue weighted by atomic mass is 9.90. The monoisotopic (exact) mass is 463 g/mol. The number of ether oxygens (including phenoxy) is 1. The van der Waals surface area contributed by atoms with E-state index in [4.69, 9.17) is 9.72 Å². The number of benzene rings is 2. The fourth-order valence-corrected chi connectivity index (χ4v) is 4.94. The van der Waals surface area contributed by atoms with Crippen molar-refractivity contribution < 1.29 is 4.74 Å². The first kappa shape index (κ1) is 21.5. The van der Waals surface area contributed by atoms with Crippen LogP contribution >= 0.6 is 0 Å². The molecule has 0 atom stereocenters. The van der Waals surface area contributed by atoms with E-state index in [1.165, 1.54) is 18.4 Å². The predicted molar refractivity (Wildman–Crippen MR) is 140 cm³/mol. The SMILES string of the molecule is c1ccc(COc2cc3c(-c4cnc(N5CCC(Cc6ccccc6)CC5)[nH]4)c[nH]c3cn2)cc1. The van der Waals surface area contributed by atoms with Crippen LogP contribution in [-0.4, -0.2) is 33.0 Å². The number of rotatable bonds is 7. The molecule has 35 heavy (non-hydrogen) atoms. The van der Waals surface area contributed by atoms with Crippen LogP contribution in [0, 0.1) is 5.92 Å². The van der Waals surface area contributed by atoms with E-state index in [0.29, 0.717) is 12.5 Å². The van der Waals surface area contributed by atoms with Gasteiger partial charge in [0.25, 0.3) is 0 Å². The second kappa shape index (κ2) is 9.66. The molecule has 2 aromatic carbocycles. The van der Waals surface area contributed by atoms with Crippen molar-refractivity contribution >= 4 is 16.9 Å². The molecule has 2 N–H and O–H groups in total. The third kappa shape index (κ3) is 4.78. The Morgan fingerprint density at radius 1 is 0.886 bits per heavy atom. The van der Waals surface area contributed by atoms with Crippen molar-refractivity contribution in [2.45, 2.75) is 25.9 Å². The van der Waals surface area contributed by atoms with Gasteiger partial charge >= 0.3 is 0 Å². The van der Waals surface area contributed by atoms with Gasteiger partial charge in [0, 0.05) is 36.3 Å². The molecular formula is C29H29N5O.